The molecule has 0 atom stereocenters. The van der Waals surface area contributed by atoms with Crippen LogP contribution >= 0.6 is 0 Å². The fourth-order valence-electron chi connectivity index (χ4n) is 2.10. The number of ether oxygens (including phenoxy) is 1. The van der Waals surface area contributed by atoms with Gasteiger partial charge in [0.25, 0.3) is 5.91 Å². The smallest absolute Gasteiger partial charge is 0.255 e. The number of aliphatic hydroxyl groups excluding tert-OH is 1. The molecule has 0 saturated carbocycles. The summed E-state index contributed by atoms with van der Waals surface area (Å²) in [6.07, 6.45) is 1.02. The number of aromatic hydroxyl groups is 2. The zero-order valence-corrected chi connectivity index (χ0v) is 10.4. The summed E-state index contributed by atoms with van der Waals surface area (Å²) in [5.41, 5.74) is -0.743. The van der Waals surface area contributed by atoms with Crippen molar-refractivity contribution in [3.05, 3.63) is 23.8 Å². The molecule has 19 heavy (non-hydrogen) atoms. The minimum atomic E-state index is -0.729. The van der Waals surface area contributed by atoms with Crippen molar-refractivity contribution < 1.29 is 24.9 Å². The van der Waals surface area contributed by atoms with E-state index in [1.165, 1.54) is 18.2 Å². The molecule has 1 heterocycles. The van der Waals surface area contributed by atoms with Gasteiger partial charge >= 0.3 is 0 Å². The average Bonchev–Trinajstić information content (AvgIpc) is 2.42. The molecule has 0 radical (unpaired) electrons. The SMILES string of the molecule is O=C(NC1(CO)CCOCC1)c1cc(O)ccc1O. The van der Waals surface area contributed by atoms with E-state index in [4.69, 9.17) is 4.74 Å². The first-order chi connectivity index (χ1) is 9.06. The molecule has 4 N–H and O–H groups in total. The summed E-state index contributed by atoms with van der Waals surface area (Å²) < 4.78 is 5.20. The first-order valence-corrected chi connectivity index (χ1v) is 6.09. The summed E-state index contributed by atoms with van der Waals surface area (Å²) in [6.45, 7) is 0.738. The van der Waals surface area contributed by atoms with E-state index < -0.39 is 11.4 Å². The van der Waals surface area contributed by atoms with Crippen molar-refractivity contribution in [2.75, 3.05) is 19.8 Å². The molecule has 1 saturated heterocycles. The van der Waals surface area contributed by atoms with E-state index in [0.717, 1.165) is 0 Å². The second-order valence-electron chi connectivity index (χ2n) is 4.71. The number of hydrogen-bond donors (Lipinski definition) is 4. The zero-order valence-electron chi connectivity index (χ0n) is 10.4. The van der Waals surface area contributed by atoms with Gasteiger partial charge in [-0.15, -0.1) is 0 Å². The van der Waals surface area contributed by atoms with Gasteiger partial charge in [-0.3, -0.25) is 4.79 Å². The summed E-state index contributed by atoms with van der Waals surface area (Å²) in [5, 5.41) is 31.2. The van der Waals surface area contributed by atoms with E-state index in [2.05, 4.69) is 5.32 Å². The number of hydrogen-bond acceptors (Lipinski definition) is 5. The van der Waals surface area contributed by atoms with Gasteiger partial charge in [-0.1, -0.05) is 0 Å². The predicted molar refractivity (Wildman–Crippen MR) is 67.1 cm³/mol. The highest BCUT2D eigenvalue weighted by atomic mass is 16.5. The van der Waals surface area contributed by atoms with E-state index in [1.807, 2.05) is 0 Å². The standard InChI is InChI=1S/C13H17NO5/c15-8-13(3-5-19-6-4-13)14-12(18)10-7-9(16)1-2-11(10)17/h1-2,7,15-17H,3-6,8H2,(H,14,18). The number of benzene rings is 1. The van der Waals surface area contributed by atoms with Gasteiger partial charge in [0.05, 0.1) is 17.7 Å². The molecule has 1 aliphatic rings. The van der Waals surface area contributed by atoms with Crippen LogP contribution in [0.3, 0.4) is 0 Å². The molecule has 2 rings (SSSR count). The van der Waals surface area contributed by atoms with E-state index >= 15 is 0 Å². The number of nitrogens with one attached hydrogen (secondary N) is 1. The Hall–Kier alpha value is -1.79. The molecule has 1 aromatic carbocycles. The summed E-state index contributed by atoms with van der Waals surface area (Å²) in [6, 6.07) is 3.73. The Morgan fingerprint density at radius 3 is 2.63 bits per heavy atom. The van der Waals surface area contributed by atoms with Crippen LogP contribution in [0.5, 0.6) is 11.5 Å². The molecule has 1 fully saturated rings. The molecule has 1 aliphatic heterocycles. The van der Waals surface area contributed by atoms with Crippen LogP contribution in [0.15, 0.2) is 18.2 Å². The molecule has 0 aliphatic carbocycles. The molecule has 0 unspecified atom stereocenters. The summed E-state index contributed by atoms with van der Waals surface area (Å²) in [5.74, 6) is -0.840. The molecule has 0 spiro atoms. The molecule has 1 aromatic rings. The highest BCUT2D eigenvalue weighted by Crippen LogP contribution is 2.25. The van der Waals surface area contributed by atoms with Gasteiger partial charge in [0.1, 0.15) is 11.5 Å². The topological polar surface area (TPSA) is 99.0 Å². The van der Waals surface area contributed by atoms with E-state index in [0.29, 0.717) is 26.1 Å². The highest BCUT2D eigenvalue weighted by molar-refractivity contribution is 5.97. The van der Waals surface area contributed by atoms with Gasteiger partial charge < -0.3 is 25.4 Å². The van der Waals surface area contributed by atoms with Crippen molar-refractivity contribution in [3.63, 3.8) is 0 Å². The number of amides is 1. The van der Waals surface area contributed by atoms with E-state index in [9.17, 15) is 20.1 Å². The van der Waals surface area contributed by atoms with Crippen LogP contribution in [-0.4, -0.2) is 46.6 Å². The third kappa shape index (κ3) is 2.97. The fraction of sp³-hybridized carbons (Fsp3) is 0.462. The maximum absolute atomic E-state index is 12.1. The Morgan fingerprint density at radius 2 is 2.00 bits per heavy atom. The minimum Gasteiger partial charge on any atom is -0.508 e. The van der Waals surface area contributed by atoms with Crippen molar-refractivity contribution in [1.29, 1.82) is 0 Å². The van der Waals surface area contributed by atoms with Crippen molar-refractivity contribution in [3.8, 4) is 11.5 Å². The van der Waals surface area contributed by atoms with Crippen molar-refractivity contribution in [2.24, 2.45) is 0 Å². The number of carbonyl (C=O) groups excluding carboxylic acids is 1. The van der Waals surface area contributed by atoms with Gasteiger partial charge in [0, 0.05) is 13.2 Å². The molecule has 104 valence electrons. The maximum Gasteiger partial charge on any atom is 0.255 e. The van der Waals surface area contributed by atoms with Gasteiger partial charge in [-0.05, 0) is 31.0 Å². The lowest BCUT2D eigenvalue weighted by atomic mass is 9.90. The van der Waals surface area contributed by atoms with Gasteiger partial charge in [-0.2, -0.15) is 0 Å². The van der Waals surface area contributed by atoms with Gasteiger partial charge in [-0.25, -0.2) is 0 Å². The van der Waals surface area contributed by atoms with Crippen LogP contribution in [0.4, 0.5) is 0 Å². The number of rotatable bonds is 3. The molecule has 0 bridgehead atoms. The monoisotopic (exact) mass is 267 g/mol. The third-order valence-corrected chi connectivity index (χ3v) is 3.36. The average molecular weight is 267 g/mol. The van der Waals surface area contributed by atoms with Crippen LogP contribution < -0.4 is 5.32 Å². The van der Waals surface area contributed by atoms with Crippen molar-refractivity contribution in [1.82, 2.24) is 5.32 Å². The Morgan fingerprint density at radius 1 is 1.32 bits per heavy atom. The maximum atomic E-state index is 12.1. The summed E-state index contributed by atoms with van der Waals surface area (Å²) in [4.78, 5) is 12.1. The van der Waals surface area contributed by atoms with E-state index in [1.54, 1.807) is 0 Å². The Balaban J connectivity index is 2.17. The Kier molecular flexibility index (Phi) is 3.92. The number of phenolic OH excluding ortho intramolecular Hbond substituents is 2. The number of aliphatic hydroxyl groups is 1. The first-order valence-electron chi connectivity index (χ1n) is 6.09. The van der Waals surface area contributed by atoms with Crippen LogP contribution in [0.25, 0.3) is 0 Å². The van der Waals surface area contributed by atoms with Crippen molar-refractivity contribution >= 4 is 5.91 Å². The van der Waals surface area contributed by atoms with E-state index in [-0.39, 0.29) is 23.7 Å². The fourth-order valence-corrected chi connectivity index (χ4v) is 2.10. The molecule has 0 aromatic heterocycles. The molecule has 6 heteroatoms. The lowest BCUT2D eigenvalue weighted by Gasteiger charge is -2.36. The Labute approximate surface area is 110 Å². The highest BCUT2D eigenvalue weighted by Gasteiger charge is 2.34. The summed E-state index contributed by atoms with van der Waals surface area (Å²) >= 11 is 0. The van der Waals surface area contributed by atoms with Crippen LogP contribution in [0.2, 0.25) is 0 Å². The summed E-state index contributed by atoms with van der Waals surface area (Å²) in [7, 11) is 0. The third-order valence-electron chi connectivity index (χ3n) is 3.36. The van der Waals surface area contributed by atoms with Crippen LogP contribution in [-0.2, 0) is 4.74 Å². The molecular formula is C13H17NO5. The number of phenols is 2. The molecule has 1 amide bonds. The first kappa shape index (κ1) is 13.6. The largest absolute Gasteiger partial charge is 0.508 e. The van der Waals surface area contributed by atoms with Crippen LogP contribution in [0.1, 0.15) is 23.2 Å². The lowest BCUT2D eigenvalue weighted by molar-refractivity contribution is 0.0125. The van der Waals surface area contributed by atoms with Gasteiger partial charge in [0.2, 0.25) is 0 Å². The molecule has 6 nitrogen and oxygen atoms in total. The predicted octanol–water partition coefficient (Wildman–Crippen LogP) is 0.369. The minimum absolute atomic E-state index is 0.0145. The lowest BCUT2D eigenvalue weighted by Crippen LogP contribution is -2.54. The second-order valence-corrected chi connectivity index (χ2v) is 4.71. The number of carbonyl (C=O) groups is 1. The second kappa shape index (κ2) is 5.46. The van der Waals surface area contributed by atoms with Gasteiger partial charge in [0.15, 0.2) is 0 Å². The zero-order chi connectivity index (χ0) is 13.9. The van der Waals surface area contributed by atoms with Crippen LogP contribution in [0, 0.1) is 0 Å². The van der Waals surface area contributed by atoms with Crippen molar-refractivity contribution in [2.45, 2.75) is 18.4 Å². The quantitative estimate of drug-likeness (QED) is 0.593. The molecular weight excluding hydrogens is 250 g/mol. The Bertz CT molecular complexity index is 468. The normalized spacial score (nSPS) is 17.9.